The highest BCUT2D eigenvalue weighted by Crippen LogP contribution is 2.25. The molecule has 0 fully saturated rings. The van der Waals surface area contributed by atoms with Crippen molar-refractivity contribution in [2.24, 2.45) is 0 Å². The van der Waals surface area contributed by atoms with Gasteiger partial charge < -0.3 is 9.47 Å². The van der Waals surface area contributed by atoms with Crippen LogP contribution >= 0.6 is 0 Å². The fourth-order valence-electron chi connectivity index (χ4n) is 2.28. The van der Waals surface area contributed by atoms with E-state index in [0.29, 0.717) is 5.75 Å². The minimum atomic E-state index is -0.732. The highest BCUT2D eigenvalue weighted by molar-refractivity contribution is 5.83. The molecule has 0 aliphatic carbocycles. The summed E-state index contributed by atoms with van der Waals surface area (Å²) in [6.07, 6.45) is 0. The van der Waals surface area contributed by atoms with Crippen LogP contribution in [0.2, 0.25) is 0 Å². The van der Waals surface area contributed by atoms with Gasteiger partial charge in [-0.2, -0.15) is 0 Å². The van der Waals surface area contributed by atoms with Gasteiger partial charge in [0.25, 0.3) is 0 Å². The summed E-state index contributed by atoms with van der Waals surface area (Å²) in [5.74, 6) is -1.24. The number of hydrogen-bond acceptors (Lipinski definition) is 2. The second-order valence-corrected chi connectivity index (χ2v) is 5.01. The summed E-state index contributed by atoms with van der Waals surface area (Å²) in [5.41, 5.74) is -0.176. The van der Waals surface area contributed by atoms with Gasteiger partial charge in [-0.15, -0.1) is 0 Å². The largest absolute Gasteiger partial charge is 0.497 e. The van der Waals surface area contributed by atoms with Gasteiger partial charge in [0.1, 0.15) is 35.6 Å². The summed E-state index contributed by atoms with van der Waals surface area (Å²) in [5, 5.41) is 1.50. The van der Waals surface area contributed by atoms with Gasteiger partial charge >= 0.3 is 0 Å². The molecule has 0 saturated heterocycles. The average molecular weight is 318 g/mol. The number of halogens is 3. The fourth-order valence-corrected chi connectivity index (χ4v) is 2.28. The molecule has 0 spiro atoms. The molecule has 3 aromatic carbocycles. The monoisotopic (exact) mass is 318 g/mol. The van der Waals surface area contributed by atoms with Gasteiger partial charge in [0.2, 0.25) is 0 Å². The molecule has 118 valence electrons. The first-order chi connectivity index (χ1) is 11.1. The van der Waals surface area contributed by atoms with Crippen molar-refractivity contribution in [2.75, 3.05) is 7.11 Å². The van der Waals surface area contributed by atoms with Crippen LogP contribution in [-0.4, -0.2) is 7.11 Å². The Morgan fingerprint density at radius 2 is 1.43 bits per heavy atom. The third-order valence-corrected chi connectivity index (χ3v) is 3.51. The lowest BCUT2D eigenvalue weighted by Gasteiger charge is -2.10. The molecule has 2 nitrogen and oxygen atoms in total. The van der Waals surface area contributed by atoms with Crippen molar-refractivity contribution in [3.05, 3.63) is 71.5 Å². The van der Waals surface area contributed by atoms with Crippen molar-refractivity contribution in [3.63, 3.8) is 0 Å². The van der Waals surface area contributed by atoms with E-state index in [1.54, 1.807) is 24.3 Å². The van der Waals surface area contributed by atoms with Crippen LogP contribution in [0.15, 0.2) is 48.5 Å². The number of benzene rings is 3. The standard InChI is InChI=1S/C18H13F3O2/c1-22-15-8-17(20)16(18(21)9-15)10-23-14-5-3-11-6-13(19)4-2-12(11)7-14/h2-9H,10H2,1H3. The molecule has 0 aromatic heterocycles. The van der Waals surface area contributed by atoms with Crippen molar-refractivity contribution in [1.82, 2.24) is 0 Å². The summed E-state index contributed by atoms with van der Waals surface area (Å²) in [6.45, 7) is -0.256. The second-order valence-electron chi connectivity index (χ2n) is 5.01. The Balaban J connectivity index is 1.82. The van der Waals surface area contributed by atoms with Crippen LogP contribution in [0.25, 0.3) is 10.8 Å². The van der Waals surface area contributed by atoms with E-state index < -0.39 is 11.6 Å². The first kappa shape index (κ1) is 15.2. The molecule has 5 heteroatoms. The minimum absolute atomic E-state index is 0.108. The van der Waals surface area contributed by atoms with Crippen LogP contribution < -0.4 is 9.47 Å². The Kier molecular flexibility index (Phi) is 4.10. The van der Waals surface area contributed by atoms with E-state index in [1.807, 2.05) is 0 Å². The number of methoxy groups -OCH3 is 1. The molecule has 0 amide bonds. The minimum Gasteiger partial charge on any atom is -0.497 e. The summed E-state index contributed by atoms with van der Waals surface area (Å²) >= 11 is 0. The van der Waals surface area contributed by atoms with Crippen LogP contribution in [0.1, 0.15) is 5.56 Å². The first-order valence-electron chi connectivity index (χ1n) is 6.91. The van der Waals surface area contributed by atoms with Crippen molar-refractivity contribution in [1.29, 1.82) is 0 Å². The number of ether oxygens (including phenoxy) is 2. The maximum absolute atomic E-state index is 13.9. The zero-order valence-corrected chi connectivity index (χ0v) is 12.3. The quantitative estimate of drug-likeness (QED) is 0.685. The SMILES string of the molecule is COc1cc(F)c(COc2ccc3cc(F)ccc3c2)c(F)c1. The van der Waals surface area contributed by atoms with Crippen molar-refractivity contribution in [3.8, 4) is 11.5 Å². The number of fused-ring (bicyclic) bond motifs is 1. The van der Waals surface area contributed by atoms with Crippen LogP contribution in [-0.2, 0) is 6.61 Å². The first-order valence-corrected chi connectivity index (χ1v) is 6.91. The Morgan fingerprint density at radius 1 is 0.783 bits per heavy atom. The van der Waals surface area contributed by atoms with Crippen LogP contribution in [0.3, 0.4) is 0 Å². The highest BCUT2D eigenvalue weighted by Gasteiger charge is 2.12. The van der Waals surface area contributed by atoms with E-state index in [4.69, 9.17) is 9.47 Å². The van der Waals surface area contributed by atoms with E-state index >= 15 is 0 Å². The predicted molar refractivity (Wildman–Crippen MR) is 81.1 cm³/mol. The molecule has 3 rings (SSSR count). The molecule has 0 N–H and O–H groups in total. The van der Waals surface area contributed by atoms with E-state index in [0.717, 1.165) is 22.9 Å². The number of rotatable bonds is 4. The predicted octanol–water partition coefficient (Wildman–Crippen LogP) is 4.84. The molecule has 23 heavy (non-hydrogen) atoms. The summed E-state index contributed by atoms with van der Waals surface area (Å²) < 4.78 is 51.1. The van der Waals surface area contributed by atoms with Gasteiger partial charge in [0.05, 0.1) is 12.7 Å². The molecular formula is C18H13F3O2. The Bertz CT molecular complexity index is 839. The molecule has 0 aliphatic rings. The normalized spacial score (nSPS) is 10.8. The van der Waals surface area contributed by atoms with Gasteiger partial charge in [-0.25, -0.2) is 13.2 Å². The lowest BCUT2D eigenvalue weighted by atomic mass is 10.1. The molecule has 0 radical (unpaired) electrons. The van der Waals surface area contributed by atoms with E-state index in [9.17, 15) is 13.2 Å². The average Bonchev–Trinajstić information content (AvgIpc) is 2.53. The topological polar surface area (TPSA) is 18.5 Å². The molecular weight excluding hydrogens is 305 g/mol. The van der Waals surface area contributed by atoms with Gasteiger partial charge in [-0.1, -0.05) is 12.1 Å². The third kappa shape index (κ3) is 3.23. The van der Waals surface area contributed by atoms with E-state index in [-0.39, 0.29) is 23.7 Å². The molecule has 3 aromatic rings. The summed E-state index contributed by atoms with van der Waals surface area (Å²) in [6, 6.07) is 11.6. The second kappa shape index (κ2) is 6.20. The van der Waals surface area contributed by atoms with Gasteiger partial charge in [0, 0.05) is 12.1 Å². The lowest BCUT2D eigenvalue weighted by Crippen LogP contribution is -2.03. The lowest BCUT2D eigenvalue weighted by molar-refractivity contribution is 0.291. The van der Waals surface area contributed by atoms with Crippen LogP contribution in [0.5, 0.6) is 11.5 Å². The zero-order valence-electron chi connectivity index (χ0n) is 12.3. The molecule has 0 unspecified atom stereocenters. The summed E-state index contributed by atoms with van der Waals surface area (Å²) in [7, 11) is 1.34. The van der Waals surface area contributed by atoms with E-state index in [2.05, 4.69) is 0 Å². The third-order valence-electron chi connectivity index (χ3n) is 3.51. The smallest absolute Gasteiger partial charge is 0.136 e. The Morgan fingerprint density at radius 3 is 2.13 bits per heavy atom. The van der Waals surface area contributed by atoms with E-state index in [1.165, 1.54) is 19.2 Å². The molecule has 0 saturated carbocycles. The van der Waals surface area contributed by atoms with Crippen LogP contribution in [0, 0.1) is 17.5 Å². The fraction of sp³-hybridized carbons (Fsp3) is 0.111. The van der Waals surface area contributed by atoms with Crippen molar-refractivity contribution in [2.45, 2.75) is 6.61 Å². The van der Waals surface area contributed by atoms with Crippen LogP contribution in [0.4, 0.5) is 13.2 Å². The molecule has 0 aliphatic heterocycles. The van der Waals surface area contributed by atoms with Gasteiger partial charge in [0.15, 0.2) is 0 Å². The number of hydrogen-bond donors (Lipinski definition) is 0. The van der Waals surface area contributed by atoms with Gasteiger partial charge in [-0.05, 0) is 35.0 Å². The zero-order chi connectivity index (χ0) is 16.4. The molecule has 0 atom stereocenters. The Hall–Kier alpha value is -2.69. The maximum atomic E-state index is 13.9. The summed E-state index contributed by atoms with van der Waals surface area (Å²) in [4.78, 5) is 0. The molecule has 0 bridgehead atoms. The van der Waals surface area contributed by atoms with Crippen molar-refractivity contribution < 1.29 is 22.6 Å². The van der Waals surface area contributed by atoms with Crippen molar-refractivity contribution >= 4 is 10.8 Å². The molecule has 0 heterocycles. The maximum Gasteiger partial charge on any atom is 0.136 e. The van der Waals surface area contributed by atoms with Gasteiger partial charge in [-0.3, -0.25) is 0 Å². The Labute approximate surface area is 131 Å². The highest BCUT2D eigenvalue weighted by atomic mass is 19.1.